The molecule has 118 valence electrons. The molecule has 4 nitrogen and oxygen atoms in total. The molecule has 2 atom stereocenters. The third kappa shape index (κ3) is 5.71. The van der Waals surface area contributed by atoms with Gasteiger partial charge in [-0.15, -0.1) is 0 Å². The van der Waals surface area contributed by atoms with Gasteiger partial charge in [-0.1, -0.05) is 13.3 Å². The van der Waals surface area contributed by atoms with E-state index in [-0.39, 0.29) is 30.4 Å². The van der Waals surface area contributed by atoms with Gasteiger partial charge in [-0.3, -0.25) is 4.79 Å². The first-order valence-corrected chi connectivity index (χ1v) is 7.36. The predicted molar refractivity (Wildman–Crippen MR) is 81.9 cm³/mol. The lowest BCUT2D eigenvalue weighted by Crippen LogP contribution is -2.36. The van der Waals surface area contributed by atoms with Gasteiger partial charge in [-0.2, -0.15) is 0 Å². The van der Waals surface area contributed by atoms with Crippen LogP contribution in [0.1, 0.15) is 45.2 Å². The van der Waals surface area contributed by atoms with Crippen molar-refractivity contribution in [2.24, 2.45) is 0 Å². The third-order valence-corrected chi connectivity index (χ3v) is 3.36. The number of rotatable bonds is 8. The maximum atomic E-state index is 13.3. The standard InChI is InChI=1S/C16H25FN2O2/c1-5-6-11(2)19-16(20)10-21-15-8-7-13(17)9-14(15)12(3)18-4/h7-9,11-12,18H,5-6,10H2,1-4H3,(H,19,20). The normalized spacial score (nSPS) is 13.6. The number of hydrogen-bond donors (Lipinski definition) is 2. The topological polar surface area (TPSA) is 50.4 Å². The van der Waals surface area contributed by atoms with Gasteiger partial charge in [0.25, 0.3) is 5.91 Å². The fourth-order valence-corrected chi connectivity index (χ4v) is 2.11. The van der Waals surface area contributed by atoms with Crippen LogP contribution in [0.15, 0.2) is 18.2 Å². The average molecular weight is 296 g/mol. The molecule has 0 fully saturated rings. The van der Waals surface area contributed by atoms with Crippen LogP contribution in [-0.4, -0.2) is 25.6 Å². The van der Waals surface area contributed by atoms with Gasteiger partial charge in [-0.05, 0) is 45.5 Å². The summed E-state index contributed by atoms with van der Waals surface area (Å²) < 4.78 is 18.9. The molecule has 0 aliphatic rings. The van der Waals surface area contributed by atoms with E-state index < -0.39 is 0 Å². The Morgan fingerprint density at radius 3 is 2.71 bits per heavy atom. The van der Waals surface area contributed by atoms with Gasteiger partial charge in [-0.25, -0.2) is 4.39 Å². The Hall–Kier alpha value is -1.62. The molecule has 0 spiro atoms. The summed E-state index contributed by atoms with van der Waals surface area (Å²) in [5, 5.41) is 5.91. The molecule has 0 heterocycles. The van der Waals surface area contributed by atoms with Crippen molar-refractivity contribution in [2.75, 3.05) is 13.7 Å². The molecule has 1 aromatic carbocycles. The lowest BCUT2D eigenvalue weighted by molar-refractivity contribution is -0.123. The van der Waals surface area contributed by atoms with E-state index in [4.69, 9.17) is 4.74 Å². The summed E-state index contributed by atoms with van der Waals surface area (Å²) in [6.07, 6.45) is 1.95. The summed E-state index contributed by atoms with van der Waals surface area (Å²) in [6, 6.07) is 4.39. The number of nitrogens with one attached hydrogen (secondary N) is 2. The van der Waals surface area contributed by atoms with E-state index in [1.54, 1.807) is 13.1 Å². The highest BCUT2D eigenvalue weighted by atomic mass is 19.1. The molecule has 21 heavy (non-hydrogen) atoms. The summed E-state index contributed by atoms with van der Waals surface area (Å²) in [7, 11) is 1.79. The molecule has 0 aliphatic heterocycles. The minimum absolute atomic E-state index is 0.0576. The number of carbonyl (C=O) groups excluding carboxylic acids is 1. The van der Waals surface area contributed by atoms with E-state index in [2.05, 4.69) is 17.6 Å². The quantitative estimate of drug-likeness (QED) is 0.775. The predicted octanol–water partition coefficient (Wildman–Crippen LogP) is 2.79. The Kier molecular flexibility index (Phi) is 7.15. The maximum absolute atomic E-state index is 13.3. The van der Waals surface area contributed by atoms with Crippen LogP contribution in [0.2, 0.25) is 0 Å². The second-order valence-electron chi connectivity index (χ2n) is 5.24. The van der Waals surface area contributed by atoms with Crippen molar-refractivity contribution in [3.05, 3.63) is 29.6 Å². The molecule has 2 unspecified atom stereocenters. The van der Waals surface area contributed by atoms with E-state index >= 15 is 0 Å². The van der Waals surface area contributed by atoms with Crippen LogP contribution in [0.4, 0.5) is 4.39 Å². The number of amides is 1. The van der Waals surface area contributed by atoms with Crippen molar-refractivity contribution >= 4 is 5.91 Å². The fourth-order valence-electron chi connectivity index (χ4n) is 2.11. The molecular weight excluding hydrogens is 271 g/mol. The number of hydrogen-bond acceptors (Lipinski definition) is 3. The molecule has 5 heteroatoms. The van der Waals surface area contributed by atoms with Crippen LogP contribution in [0.3, 0.4) is 0 Å². The number of benzene rings is 1. The highest BCUT2D eigenvalue weighted by molar-refractivity contribution is 5.77. The fraction of sp³-hybridized carbons (Fsp3) is 0.562. The van der Waals surface area contributed by atoms with Gasteiger partial charge >= 0.3 is 0 Å². The minimum Gasteiger partial charge on any atom is -0.483 e. The highest BCUT2D eigenvalue weighted by Gasteiger charge is 2.13. The molecule has 0 bridgehead atoms. The summed E-state index contributed by atoms with van der Waals surface area (Å²) in [5.41, 5.74) is 0.701. The monoisotopic (exact) mass is 296 g/mol. The lowest BCUT2D eigenvalue weighted by Gasteiger charge is -2.17. The van der Waals surface area contributed by atoms with Gasteiger partial charge in [0.05, 0.1) is 0 Å². The second kappa shape index (κ2) is 8.62. The summed E-state index contributed by atoms with van der Waals surface area (Å²) in [4.78, 5) is 11.8. The Labute approximate surface area is 126 Å². The third-order valence-electron chi connectivity index (χ3n) is 3.36. The lowest BCUT2D eigenvalue weighted by atomic mass is 10.1. The molecule has 0 aromatic heterocycles. The molecule has 0 aliphatic carbocycles. The summed E-state index contributed by atoms with van der Waals surface area (Å²) >= 11 is 0. The zero-order valence-electron chi connectivity index (χ0n) is 13.2. The Morgan fingerprint density at radius 1 is 1.38 bits per heavy atom. The molecule has 0 radical (unpaired) electrons. The summed E-state index contributed by atoms with van der Waals surface area (Å²) in [6.45, 7) is 5.88. The van der Waals surface area contributed by atoms with Crippen LogP contribution >= 0.6 is 0 Å². The molecular formula is C16H25FN2O2. The van der Waals surface area contributed by atoms with E-state index in [1.807, 2.05) is 13.8 Å². The number of halogens is 1. The van der Waals surface area contributed by atoms with Crippen molar-refractivity contribution in [1.29, 1.82) is 0 Å². The van der Waals surface area contributed by atoms with E-state index in [0.717, 1.165) is 12.8 Å². The average Bonchev–Trinajstić information content (AvgIpc) is 2.45. The van der Waals surface area contributed by atoms with E-state index in [0.29, 0.717) is 11.3 Å². The maximum Gasteiger partial charge on any atom is 0.258 e. The molecule has 2 N–H and O–H groups in total. The van der Waals surface area contributed by atoms with Crippen molar-refractivity contribution in [1.82, 2.24) is 10.6 Å². The van der Waals surface area contributed by atoms with E-state index in [1.165, 1.54) is 12.1 Å². The first-order chi connectivity index (χ1) is 9.97. The van der Waals surface area contributed by atoms with Gasteiger partial charge in [0.2, 0.25) is 0 Å². The van der Waals surface area contributed by atoms with Crippen molar-refractivity contribution in [3.8, 4) is 5.75 Å². The Morgan fingerprint density at radius 2 is 2.10 bits per heavy atom. The second-order valence-corrected chi connectivity index (χ2v) is 5.24. The van der Waals surface area contributed by atoms with Gasteiger partial charge in [0, 0.05) is 17.6 Å². The molecule has 1 aromatic rings. The number of carbonyl (C=O) groups is 1. The Bertz CT molecular complexity index is 466. The highest BCUT2D eigenvalue weighted by Crippen LogP contribution is 2.25. The Balaban J connectivity index is 2.64. The van der Waals surface area contributed by atoms with Crippen LogP contribution < -0.4 is 15.4 Å². The van der Waals surface area contributed by atoms with Crippen LogP contribution in [-0.2, 0) is 4.79 Å². The molecule has 1 rings (SSSR count). The zero-order chi connectivity index (χ0) is 15.8. The van der Waals surface area contributed by atoms with Crippen molar-refractivity contribution in [2.45, 2.75) is 45.7 Å². The number of ether oxygens (including phenoxy) is 1. The van der Waals surface area contributed by atoms with Gasteiger partial charge in [0.1, 0.15) is 11.6 Å². The van der Waals surface area contributed by atoms with Crippen LogP contribution in [0.5, 0.6) is 5.75 Å². The first kappa shape index (κ1) is 17.4. The smallest absolute Gasteiger partial charge is 0.258 e. The van der Waals surface area contributed by atoms with Gasteiger partial charge in [0.15, 0.2) is 6.61 Å². The van der Waals surface area contributed by atoms with Crippen LogP contribution in [0, 0.1) is 5.82 Å². The zero-order valence-corrected chi connectivity index (χ0v) is 13.2. The molecule has 1 amide bonds. The molecule has 0 saturated heterocycles. The van der Waals surface area contributed by atoms with E-state index in [9.17, 15) is 9.18 Å². The van der Waals surface area contributed by atoms with Crippen molar-refractivity contribution in [3.63, 3.8) is 0 Å². The SMILES string of the molecule is CCCC(C)NC(=O)COc1ccc(F)cc1C(C)NC. The van der Waals surface area contributed by atoms with Gasteiger partial charge < -0.3 is 15.4 Å². The van der Waals surface area contributed by atoms with Crippen molar-refractivity contribution < 1.29 is 13.9 Å². The van der Waals surface area contributed by atoms with Crippen LogP contribution in [0.25, 0.3) is 0 Å². The first-order valence-electron chi connectivity index (χ1n) is 7.36. The largest absolute Gasteiger partial charge is 0.483 e. The molecule has 0 saturated carbocycles. The summed E-state index contributed by atoms with van der Waals surface area (Å²) in [5.74, 6) is 0.0420. The minimum atomic E-state index is -0.319.